The molecule has 4 rings (SSSR count). The second-order valence-electron chi connectivity index (χ2n) is 6.62. The number of rotatable bonds is 5. The van der Waals surface area contributed by atoms with Gasteiger partial charge < -0.3 is 5.32 Å². The van der Waals surface area contributed by atoms with E-state index in [1.54, 1.807) is 18.3 Å². The molecule has 2 N–H and O–H groups in total. The van der Waals surface area contributed by atoms with E-state index in [2.05, 4.69) is 21.9 Å². The Morgan fingerprint density at radius 2 is 1.34 bits per heavy atom. The first-order valence-electron chi connectivity index (χ1n) is 9.28. The molecule has 0 aliphatic rings. The number of hydrogen-bond donors (Lipinski definition) is 2. The summed E-state index contributed by atoms with van der Waals surface area (Å²) in [5, 5.41) is 11.1. The Hall–Kier alpha value is -3.99. The van der Waals surface area contributed by atoms with E-state index < -0.39 is 5.91 Å². The Morgan fingerprint density at radius 1 is 0.759 bits per heavy atom. The largest absolute Gasteiger partial charge is 0.326 e. The van der Waals surface area contributed by atoms with Crippen LogP contribution in [0.15, 0.2) is 90.0 Å². The summed E-state index contributed by atoms with van der Waals surface area (Å²) >= 11 is 0. The van der Waals surface area contributed by atoms with Crippen molar-refractivity contribution in [3.8, 4) is 0 Å². The van der Waals surface area contributed by atoms with E-state index in [1.165, 1.54) is 0 Å². The van der Waals surface area contributed by atoms with Gasteiger partial charge in [0.1, 0.15) is 6.42 Å². The summed E-state index contributed by atoms with van der Waals surface area (Å²) in [5.41, 5.74) is 4.02. The molecule has 4 aromatic carbocycles. The minimum Gasteiger partial charge on any atom is -0.326 e. The molecule has 29 heavy (non-hydrogen) atoms. The summed E-state index contributed by atoms with van der Waals surface area (Å²) < 4.78 is 0. The van der Waals surface area contributed by atoms with Crippen molar-refractivity contribution in [3.63, 3.8) is 0 Å². The number of carbonyl (C=O) groups is 2. The predicted octanol–water partition coefficient (Wildman–Crippen LogP) is 4.47. The lowest BCUT2D eigenvalue weighted by molar-refractivity contribution is -0.126. The minimum atomic E-state index is -0.473. The van der Waals surface area contributed by atoms with E-state index in [1.807, 2.05) is 66.7 Å². The molecule has 0 saturated heterocycles. The van der Waals surface area contributed by atoms with Crippen LogP contribution in [0.25, 0.3) is 21.5 Å². The van der Waals surface area contributed by atoms with Crippen LogP contribution in [0.5, 0.6) is 0 Å². The molecular formula is C24H19N3O2. The lowest BCUT2D eigenvalue weighted by Gasteiger charge is -2.08. The van der Waals surface area contributed by atoms with Gasteiger partial charge in [-0.2, -0.15) is 5.10 Å². The van der Waals surface area contributed by atoms with Gasteiger partial charge in [0, 0.05) is 11.3 Å². The molecule has 0 heterocycles. The molecule has 0 aliphatic heterocycles. The van der Waals surface area contributed by atoms with Gasteiger partial charge in [0.2, 0.25) is 11.8 Å². The number of fused-ring (bicyclic) bond motifs is 2. The van der Waals surface area contributed by atoms with Crippen LogP contribution in [0.1, 0.15) is 12.0 Å². The fourth-order valence-electron chi connectivity index (χ4n) is 3.27. The zero-order chi connectivity index (χ0) is 20.1. The second-order valence-corrected chi connectivity index (χ2v) is 6.62. The van der Waals surface area contributed by atoms with Gasteiger partial charge in [-0.15, -0.1) is 0 Å². The quantitative estimate of drug-likeness (QED) is 0.232. The Bertz CT molecular complexity index is 1160. The summed E-state index contributed by atoms with van der Waals surface area (Å²) in [6.45, 7) is 0. The highest BCUT2D eigenvalue weighted by atomic mass is 16.2. The van der Waals surface area contributed by atoms with E-state index >= 15 is 0 Å². The van der Waals surface area contributed by atoms with E-state index in [0.717, 1.165) is 27.1 Å². The fourth-order valence-corrected chi connectivity index (χ4v) is 3.27. The van der Waals surface area contributed by atoms with Crippen molar-refractivity contribution in [1.29, 1.82) is 0 Å². The standard InChI is InChI=1S/C24H19N3O2/c28-23(26-19-10-2-1-3-11-19)15-24(29)27-25-16-22-20-12-6-4-8-17(20)14-18-9-5-7-13-21(18)22/h1-14,16H,15H2,(H,26,28)(H,27,29). The predicted molar refractivity (Wildman–Crippen MR) is 117 cm³/mol. The number of hydrogen-bond acceptors (Lipinski definition) is 3. The van der Waals surface area contributed by atoms with E-state index in [9.17, 15) is 9.59 Å². The molecule has 0 radical (unpaired) electrons. The smallest absolute Gasteiger partial charge is 0.249 e. The summed E-state index contributed by atoms with van der Waals surface area (Å²) in [6.07, 6.45) is 1.33. The normalized spacial score (nSPS) is 11.0. The number of benzene rings is 4. The van der Waals surface area contributed by atoms with Gasteiger partial charge in [0.15, 0.2) is 0 Å². The maximum Gasteiger partial charge on any atom is 0.249 e. The number of hydrazone groups is 1. The van der Waals surface area contributed by atoms with Crippen molar-refractivity contribution in [2.24, 2.45) is 5.10 Å². The third kappa shape index (κ3) is 4.30. The molecule has 2 amide bonds. The van der Waals surface area contributed by atoms with Crippen LogP contribution in [0.2, 0.25) is 0 Å². The first-order valence-corrected chi connectivity index (χ1v) is 9.28. The molecule has 0 bridgehead atoms. The molecule has 0 aliphatic carbocycles. The molecule has 0 spiro atoms. The lowest BCUT2D eigenvalue weighted by atomic mass is 9.97. The van der Waals surface area contributed by atoms with E-state index in [0.29, 0.717) is 5.69 Å². The molecule has 4 aromatic rings. The van der Waals surface area contributed by atoms with Gasteiger partial charge in [-0.3, -0.25) is 9.59 Å². The van der Waals surface area contributed by atoms with Gasteiger partial charge in [0.25, 0.3) is 0 Å². The van der Waals surface area contributed by atoms with Crippen molar-refractivity contribution >= 4 is 45.3 Å². The molecule has 0 saturated carbocycles. The van der Waals surface area contributed by atoms with E-state index in [4.69, 9.17) is 0 Å². The highest BCUT2D eigenvalue weighted by Gasteiger charge is 2.09. The third-order valence-electron chi connectivity index (χ3n) is 4.57. The number of amides is 2. The Kier molecular flexibility index (Phi) is 5.29. The van der Waals surface area contributed by atoms with Gasteiger partial charge in [-0.25, -0.2) is 5.43 Å². The highest BCUT2D eigenvalue weighted by molar-refractivity contribution is 6.13. The maximum atomic E-state index is 12.1. The zero-order valence-electron chi connectivity index (χ0n) is 15.6. The molecule has 142 valence electrons. The second kappa shape index (κ2) is 8.35. The van der Waals surface area contributed by atoms with Crippen molar-refractivity contribution < 1.29 is 9.59 Å². The summed E-state index contributed by atoms with van der Waals surface area (Å²) in [6, 6.07) is 27.2. The molecule has 0 unspecified atom stereocenters. The first kappa shape index (κ1) is 18.4. The molecule has 0 atom stereocenters. The summed E-state index contributed by atoms with van der Waals surface area (Å²) in [5.74, 6) is -0.862. The van der Waals surface area contributed by atoms with Crippen LogP contribution in [0.4, 0.5) is 5.69 Å². The van der Waals surface area contributed by atoms with Gasteiger partial charge in [-0.05, 0) is 39.7 Å². The fraction of sp³-hybridized carbons (Fsp3) is 0.0417. The van der Waals surface area contributed by atoms with Crippen LogP contribution in [-0.2, 0) is 9.59 Å². The van der Waals surface area contributed by atoms with E-state index in [-0.39, 0.29) is 12.3 Å². The van der Waals surface area contributed by atoms with Crippen molar-refractivity contribution in [3.05, 3.63) is 90.5 Å². The number of para-hydroxylation sites is 1. The maximum absolute atomic E-state index is 12.1. The number of anilines is 1. The van der Waals surface area contributed by atoms with Crippen LogP contribution >= 0.6 is 0 Å². The van der Waals surface area contributed by atoms with Crippen LogP contribution in [-0.4, -0.2) is 18.0 Å². The van der Waals surface area contributed by atoms with Crippen molar-refractivity contribution in [2.45, 2.75) is 6.42 Å². The average molecular weight is 381 g/mol. The average Bonchev–Trinajstić information content (AvgIpc) is 2.74. The van der Waals surface area contributed by atoms with Gasteiger partial charge in [0.05, 0.1) is 6.21 Å². The number of carbonyl (C=O) groups excluding carboxylic acids is 2. The monoisotopic (exact) mass is 381 g/mol. The van der Waals surface area contributed by atoms with Crippen LogP contribution in [0.3, 0.4) is 0 Å². The third-order valence-corrected chi connectivity index (χ3v) is 4.57. The van der Waals surface area contributed by atoms with Crippen LogP contribution in [0, 0.1) is 0 Å². The Balaban J connectivity index is 1.49. The Morgan fingerprint density at radius 3 is 2.00 bits per heavy atom. The zero-order valence-corrected chi connectivity index (χ0v) is 15.6. The van der Waals surface area contributed by atoms with Crippen molar-refractivity contribution in [2.75, 3.05) is 5.32 Å². The Labute approximate surface area is 168 Å². The van der Waals surface area contributed by atoms with Crippen LogP contribution < -0.4 is 10.7 Å². The highest BCUT2D eigenvalue weighted by Crippen LogP contribution is 2.27. The molecule has 0 aromatic heterocycles. The van der Waals surface area contributed by atoms with Gasteiger partial charge in [-0.1, -0.05) is 66.7 Å². The molecule has 5 nitrogen and oxygen atoms in total. The van der Waals surface area contributed by atoms with Gasteiger partial charge >= 0.3 is 0 Å². The topological polar surface area (TPSA) is 70.6 Å². The molecule has 5 heteroatoms. The number of nitrogens with one attached hydrogen (secondary N) is 2. The summed E-state index contributed by atoms with van der Waals surface area (Å²) in [4.78, 5) is 24.1. The first-order chi connectivity index (χ1) is 14.2. The SMILES string of the molecule is O=C(CC(=O)Nc1ccccc1)NN=Cc1c2ccccc2cc2ccccc12. The number of nitrogens with zero attached hydrogens (tertiary/aromatic N) is 1. The minimum absolute atomic E-state index is 0.303. The lowest BCUT2D eigenvalue weighted by Crippen LogP contribution is -2.24. The molecular weight excluding hydrogens is 362 g/mol. The van der Waals surface area contributed by atoms with Crippen molar-refractivity contribution in [1.82, 2.24) is 5.43 Å². The molecule has 0 fully saturated rings. The summed E-state index contributed by atoms with van der Waals surface area (Å²) in [7, 11) is 0.